The highest BCUT2D eigenvalue weighted by Gasteiger charge is 2.36. The Morgan fingerprint density at radius 1 is 1.18 bits per heavy atom. The molecule has 1 aliphatic rings. The van der Waals surface area contributed by atoms with Gasteiger partial charge in [0.2, 0.25) is 5.78 Å². The third kappa shape index (κ3) is 4.17. The lowest BCUT2D eigenvalue weighted by Gasteiger charge is -2.22. The number of Topliss-reactive ketones (excluding diaryl/α,β-unsaturated/α-hetero) is 1. The average Bonchev–Trinajstić information content (AvgIpc) is 3.42. The predicted octanol–water partition coefficient (Wildman–Crippen LogP) is 2.80. The van der Waals surface area contributed by atoms with Crippen LogP contribution in [0, 0.1) is 0 Å². The molecule has 28 heavy (non-hydrogen) atoms. The van der Waals surface area contributed by atoms with Crippen LogP contribution >= 0.6 is 11.3 Å². The van der Waals surface area contributed by atoms with Gasteiger partial charge in [0.15, 0.2) is 6.61 Å². The average molecular weight is 403 g/mol. The molecule has 0 spiro atoms. The second-order valence-electron chi connectivity index (χ2n) is 6.23. The molecule has 1 saturated heterocycles. The van der Waals surface area contributed by atoms with Crippen molar-refractivity contribution >= 4 is 29.0 Å². The van der Waals surface area contributed by atoms with Gasteiger partial charge in [-0.25, -0.2) is 4.79 Å². The van der Waals surface area contributed by atoms with Crippen LogP contribution in [0.2, 0.25) is 0 Å². The van der Waals surface area contributed by atoms with Crippen LogP contribution in [0.25, 0.3) is 0 Å². The van der Waals surface area contributed by atoms with E-state index >= 15 is 0 Å². The Morgan fingerprint density at radius 2 is 2.00 bits per heavy atom. The molecule has 1 amide bonds. The standard InChI is InChI=1S/C20H21NO6S/c1-25-13-7-8-14(17(11-13)26-2)16(22)12-27-20(24)15-5-3-9-21(15)19(23)18-6-4-10-28-18/h4,6-8,10-11,15H,3,5,9,12H2,1-2H3. The number of rotatable bonds is 7. The van der Waals surface area contributed by atoms with Crippen LogP contribution in [0.4, 0.5) is 0 Å². The van der Waals surface area contributed by atoms with Gasteiger partial charge < -0.3 is 19.1 Å². The SMILES string of the molecule is COc1ccc(C(=O)COC(=O)C2CCCN2C(=O)c2cccs2)c(OC)c1. The largest absolute Gasteiger partial charge is 0.497 e. The van der Waals surface area contributed by atoms with Crippen molar-refractivity contribution in [2.75, 3.05) is 27.4 Å². The maximum atomic E-state index is 12.6. The van der Waals surface area contributed by atoms with E-state index < -0.39 is 18.6 Å². The van der Waals surface area contributed by atoms with Crippen LogP contribution < -0.4 is 9.47 Å². The van der Waals surface area contributed by atoms with E-state index in [0.29, 0.717) is 34.9 Å². The van der Waals surface area contributed by atoms with E-state index in [0.717, 1.165) is 6.42 Å². The molecule has 0 saturated carbocycles. The minimum absolute atomic E-state index is 0.183. The number of nitrogens with zero attached hydrogens (tertiary/aromatic N) is 1. The van der Waals surface area contributed by atoms with Gasteiger partial charge >= 0.3 is 5.97 Å². The predicted molar refractivity (Wildman–Crippen MR) is 103 cm³/mol. The topological polar surface area (TPSA) is 82.1 Å². The summed E-state index contributed by atoms with van der Waals surface area (Å²) in [4.78, 5) is 39.6. The van der Waals surface area contributed by atoms with Crippen LogP contribution in [0.5, 0.6) is 11.5 Å². The van der Waals surface area contributed by atoms with E-state index in [-0.39, 0.29) is 11.7 Å². The smallest absolute Gasteiger partial charge is 0.329 e. The van der Waals surface area contributed by atoms with Gasteiger partial charge in [0, 0.05) is 12.6 Å². The molecule has 0 radical (unpaired) electrons. The lowest BCUT2D eigenvalue weighted by molar-refractivity contribution is -0.147. The molecule has 1 aromatic heterocycles. The molecule has 0 aliphatic carbocycles. The molecule has 7 nitrogen and oxygen atoms in total. The number of benzene rings is 1. The van der Waals surface area contributed by atoms with Gasteiger partial charge in [-0.2, -0.15) is 0 Å². The van der Waals surface area contributed by atoms with E-state index in [1.165, 1.54) is 30.5 Å². The molecule has 1 aliphatic heterocycles. The van der Waals surface area contributed by atoms with Gasteiger partial charge in [0.05, 0.1) is 24.7 Å². The zero-order valence-electron chi connectivity index (χ0n) is 15.7. The lowest BCUT2D eigenvalue weighted by Crippen LogP contribution is -2.41. The van der Waals surface area contributed by atoms with Crippen molar-refractivity contribution in [3.8, 4) is 11.5 Å². The number of hydrogen-bond acceptors (Lipinski definition) is 7. The molecular weight excluding hydrogens is 382 g/mol. The Balaban J connectivity index is 1.63. The summed E-state index contributed by atoms with van der Waals surface area (Å²) in [5.74, 6) is -0.238. The first-order valence-corrected chi connectivity index (χ1v) is 9.69. The monoisotopic (exact) mass is 403 g/mol. The number of ketones is 1. The van der Waals surface area contributed by atoms with E-state index in [9.17, 15) is 14.4 Å². The van der Waals surface area contributed by atoms with Gasteiger partial charge in [0.1, 0.15) is 17.5 Å². The number of ether oxygens (including phenoxy) is 3. The van der Waals surface area contributed by atoms with Gasteiger partial charge in [-0.05, 0) is 36.4 Å². The number of thiophene rings is 1. The number of carbonyl (C=O) groups excluding carboxylic acids is 3. The minimum atomic E-state index is -0.667. The van der Waals surface area contributed by atoms with Crippen LogP contribution in [-0.4, -0.2) is 56.0 Å². The van der Waals surface area contributed by atoms with Crippen LogP contribution in [0.1, 0.15) is 32.9 Å². The van der Waals surface area contributed by atoms with E-state index in [1.807, 2.05) is 5.38 Å². The summed E-state index contributed by atoms with van der Waals surface area (Å²) in [6.45, 7) is 0.0792. The van der Waals surface area contributed by atoms with Crippen molar-refractivity contribution in [2.45, 2.75) is 18.9 Å². The highest BCUT2D eigenvalue weighted by molar-refractivity contribution is 7.12. The Bertz CT molecular complexity index is 864. The Hall–Kier alpha value is -2.87. The number of likely N-dealkylation sites (tertiary alicyclic amines) is 1. The number of esters is 1. The number of amides is 1. The number of hydrogen-bond donors (Lipinski definition) is 0. The first-order chi connectivity index (χ1) is 13.5. The maximum absolute atomic E-state index is 12.6. The molecule has 0 N–H and O–H groups in total. The Labute approximate surface area is 166 Å². The highest BCUT2D eigenvalue weighted by atomic mass is 32.1. The normalized spacial score (nSPS) is 15.9. The van der Waals surface area contributed by atoms with Crippen molar-refractivity contribution in [3.63, 3.8) is 0 Å². The third-order valence-electron chi connectivity index (χ3n) is 4.57. The van der Waals surface area contributed by atoms with Crippen molar-refractivity contribution in [3.05, 3.63) is 46.2 Å². The highest BCUT2D eigenvalue weighted by Crippen LogP contribution is 2.26. The third-order valence-corrected chi connectivity index (χ3v) is 5.43. The molecule has 2 heterocycles. The van der Waals surface area contributed by atoms with Gasteiger partial charge in [-0.15, -0.1) is 11.3 Å². The van der Waals surface area contributed by atoms with Crippen molar-refractivity contribution in [1.29, 1.82) is 0 Å². The molecule has 148 valence electrons. The molecule has 2 aromatic rings. The molecule has 0 bridgehead atoms. The number of carbonyl (C=O) groups is 3. The van der Waals surface area contributed by atoms with Gasteiger partial charge in [-0.1, -0.05) is 6.07 Å². The van der Waals surface area contributed by atoms with Crippen LogP contribution in [0.3, 0.4) is 0 Å². The lowest BCUT2D eigenvalue weighted by atomic mass is 10.1. The zero-order valence-corrected chi connectivity index (χ0v) is 16.5. The fourth-order valence-electron chi connectivity index (χ4n) is 3.14. The van der Waals surface area contributed by atoms with Crippen molar-refractivity contribution in [1.82, 2.24) is 4.90 Å². The molecule has 1 aromatic carbocycles. The second kappa shape index (κ2) is 8.88. The molecule has 1 fully saturated rings. The van der Waals surface area contributed by atoms with Crippen molar-refractivity contribution in [2.24, 2.45) is 0 Å². The van der Waals surface area contributed by atoms with Crippen LogP contribution in [0.15, 0.2) is 35.7 Å². The van der Waals surface area contributed by atoms with E-state index in [4.69, 9.17) is 14.2 Å². The molecular formula is C20H21NO6S. The molecule has 8 heteroatoms. The maximum Gasteiger partial charge on any atom is 0.329 e. The molecule has 3 rings (SSSR count). The first kappa shape index (κ1) is 19.9. The fourth-order valence-corrected chi connectivity index (χ4v) is 3.82. The Morgan fingerprint density at radius 3 is 2.68 bits per heavy atom. The molecule has 1 unspecified atom stereocenters. The van der Waals surface area contributed by atoms with Gasteiger partial charge in [0.25, 0.3) is 5.91 Å². The summed E-state index contributed by atoms with van der Waals surface area (Å²) >= 11 is 1.33. The quantitative estimate of drug-likeness (QED) is 0.522. The summed E-state index contributed by atoms with van der Waals surface area (Å²) in [5, 5.41) is 1.82. The molecule has 1 atom stereocenters. The van der Waals surface area contributed by atoms with E-state index in [2.05, 4.69) is 0 Å². The summed E-state index contributed by atoms with van der Waals surface area (Å²) in [7, 11) is 2.97. The summed E-state index contributed by atoms with van der Waals surface area (Å²) < 4.78 is 15.6. The van der Waals surface area contributed by atoms with E-state index in [1.54, 1.807) is 30.3 Å². The summed E-state index contributed by atoms with van der Waals surface area (Å²) in [6, 6.07) is 7.65. The Kier molecular flexibility index (Phi) is 6.30. The summed E-state index contributed by atoms with van der Waals surface area (Å²) in [5.41, 5.74) is 0.300. The van der Waals surface area contributed by atoms with Gasteiger partial charge in [-0.3, -0.25) is 9.59 Å². The zero-order chi connectivity index (χ0) is 20.1. The fraction of sp³-hybridized carbons (Fsp3) is 0.350. The number of methoxy groups -OCH3 is 2. The second-order valence-corrected chi connectivity index (χ2v) is 7.18. The summed E-state index contributed by atoms with van der Waals surface area (Å²) in [6.07, 6.45) is 1.24. The minimum Gasteiger partial charge on any atom is -0.497 e. The van der Waals surface area contributed by atoms with Crippen molar-refractivity contribution < 1.29 is 28.6 Å². The van der Waals surface area contributed by atoms with Crippen LogP contribution in [-0.2, 0) is 9.53 Å². The first-order valence-electron chi connectivity index (χ1n) is 8.81.